The van der Waals surface area contributed by atoms with Crippen LogP contribution in [0.3, 0.4) is 0 Å². The fourth-order valence-electron chi connectivity index (χ4n) is 0.847. The maximum atomic E-state index is 12.9. The highest BCUT2D eigenvalue weighted by Crippen LogP contribution is 2.08. The van der Waals surface area contributed by atoms with E-state index in [1.807, 2.05) is 0 Å². The normalized spacial score (nSPS) is 9.69. The molecule has 0 atom stereocenters. The number of nitrogens with two attached hydrogens (primary N) is 1. The van der Waals surface area contributed by atoms with Gasteiger partial charge in [0.1, 0.15) is 11.6 Å². The number of amides is 2. The molecular weight excluding hydrogens is 178 g/mol. The summed E-state index contributed by atoms with van der Waals surface area (Å²) in [5.41, 5.74) is 4.97. The largest absolute Gasteiger partial charge is 0.352 e. The van der Waals surface area contributed by atoms with E-state index in [-0.39, 0.29) is 12.1 Å². The van der Waals surface area contributed by atoms with Crippen LogP contribution in [0.1, 0.15) is 5.56 Å². The molecule has 1 rings (SSSR count). The van der Waals surface area contributed by atoms with Crippen molar-refractivity contribution in [3.63, 3.8) is 0 Å². The highest BCUT2D eigenvalue weighted by Gasteiger charge is 2.03. The number of hydrogen-bond donors (Lipinski definition) is 2. The first-order valence-corrected chi connectivity index (χ1v) is 3.57. The van der Waals surface area contributed by atoms with Crippen molar-refractivity contribution < 1.29 is 13.6 Å². The SMILES string of the molecule is NC(=O)NCc1ccc(F)cc1F. The second-order valence-corrected chi connectivity index (χ2v) is 2.45. The zero-order chi connectivity index (χ0) is 9.84. The lowest BCUT2D eigenvalue weighted by Crippen LogP contribution is -2.28. The molecule has 70 valence electrons. The zero-order valence-electron chi connectivity index (χ0n) is 6.68. The maximum Gasteiger partial charge on any atom is 0.312 e. The van der Waals surface area contributed by atoms with E-state index in [9.17, 15) is 13.6 Å². The minimum absolute atomic E-state index is 0.0402. The zero-order valence-corrected chi connectivity index (χ0v) is 6.68. The van der Waals surface area contributed by atoms with Gasteiger partial charge >= 0.3 is 6.03 Å². The molecule has 5 heteroatoms. The third kappa shape index (κ3) is 2.70. The molecular formula is C8H8F2N2O. The molecule has 0 radical (unpaired) electrons. The van der Waals surface area contributed by atoms with E-state index in [1.165, 1.54) is 6.07 Å². The van der Waals surface area contributed by atoms with Crippen molar-refractivity contribution in [1.82, 2.24) is 5.32 Å². The van der Waals surface area contributed by atoms with Gasteiger partial charge in [-0.1, -0.05) is 6.07 Å². The second kappa shape index (κ2) is 3.84. The topological polar surface area (TPSA) is 55.1 Å². The second-order valence-electron chi connectivity index (χ2n) is 2.45. The summed E-state index contributed by atoms with van der Waals surface area (Å²) >= 11 is 0. The van der Waals surface area contributed by atoms with Gasteiger partial charge < -0.3 is 11.1 Å². The summed E-state index contributed by atoms with van der Waals surface area (Å²) in [5.74, 6) is -1.35. The van der Waals surface area contributed by atoms with Crippen LogP contribution in [0, 0.1) is 11.6 Å². The molecule has 3 nitrogen and oxygen atoms in total. The van der Waals surface area contributed by atoms with Crippen molar-refractivity contribution in [2.24, 2.45) is 5.73 Å². The van der Waals surface area contributed by atoms with Gasteiger partial charge in [-0.05, 0) is 6.07 Å². The number of carbonyl (C=O) groups is 1. The smallest absolute Gasteiger partial charge is 0.312 e. The molecule has 0 aromatic heterocycles. The van der Waals surface area contributed by atoms with Gasteiger partial charge in [0.05, 0.1) is 0 Å². The van der Waals surface area contributed by atoms with Crippen LogP contribution < -0.4 is 11.1 Å². The van der Waals surface area contributed by atoms with E-state index < -0.39 is 17.7 Å². The Hall–Kier alpha value is -1.65. The molecule has 2 amide bonds. The van der Waals surface area contributed by atoms with Gasteiger partial charge in [0.25, 0.3) is 0 Å². The minimum Gasteiger partial charge on any atom is -0.352 e. The van der Waals surface area contributed by atoms with E-state index in [4.69, 9.17) is 5.73 Å². The molecule has 0 saturated carbocycles. The molecule has 0 saturated heterocycles. The fourth-order valence-corrected chi connectivity index (χ4v) is 0.847. The molecule has 0 heterocycles. The van der Waals surface area contributed by atoms with E-state index in [0.29, 0.717) is 0 Å². The number of nitrogens with one attached hydrogen (secondary N) is 1. The Labute approximate surface area is 73.5 Å². The Balaban J connectivity index is 2.72. The van der Waals surface area contributed by atoms with Crippen LogP contribution in [0.25, 0.3) is 0 Å². The van der Waals surface area contributed by atoms with Crippen LogP contribution in [0.4, 0.5) is 13.6 Å². The molecule has 0 bridgehead atoms. The number of primary amides is 1. The molecule has 0 aliphatic rings. The molecule has 0 unspecified atom stereocenters. The maximum absolute atomic E-state index is 12.9. The van der Waals surface area contributed by atoms with Crippen LogP contribution in [0.15, 0.2) is 18.2 Å². The Morgan fingerprint density at radius 1 is 1.46 bits per heavy atom. The van der Waals surface area contributed by atoms with Crippen molar-refractivity contribution in [1.29, 1.82) is 0 Å². The molecule has 0 spiro atoms. The van der Waals surface area contributed by atoms with E-state index in [0.717, 1.165) is 12.1 Å². The average molecular weight is 186 g/mol. The van der Waals surface area contributed by atoms with Crippen LogP contribution in [-0.2, 0) is 6.54 Å². The van der Waals surface area contributed by atoms with Gasteiger partial charge in [-0.15, -0.1) is 0 Å². The Morgan fingerprint density at radius 2 is 2.15 bits per heavy atom. The standard InChI is InChI=1S/C8H8F2N2O/c9-6-2-1-5(7(10)3-6)4-12-8(11)13/h1-3H,4H2,(H3,11,12,13). The third-order valence-electron chi connectivity index (χ3n) is 1.47. The Bertz CT molecular complexity index is 328. The summed E-state index contributed by atoms with van der Waals surface area (Å²) in [5, 5.41) is 2.20. The lowest BCUT2D eigenvalue weighted by Gasteiger charge is -2.02. The van der Waals surface area contributed by atoms with Crippen LogP contribution >= 0.6 is 0 Å². The molecule has 1 aromatic rings. The number of benzene rings is 1. The molecule has 3 N–H and O–H groups in total. The van der Waals surface area contributed by atoms with E-state index >= 15 is 0 Å². The van der Waals surface area contributed by atoms with Gasteiger partial charge in [0.15, 0.2) is 0 Å². The first kappa shape index (κ1) is 9.44. The summed E-state index contributed by atoms with van der Waals surface area (Å²) < 4.78 is 25.3. The number of halogens is 2. The predicted octanol–water partition coefficient (Wildman–Crippen LogP) is 1.13. The number of urea groups is 1. The highest BCUT2D eigenvalue weighted by atomic mass is 19.1. The number of carbonyl (C=O) groups excluding carboxylic acids is 1. The lowest BCUT2D eigenvalue weighted by molar-refractivity contribution is 0.248. The van der Waals surface area contributed by atoms with Crippen molar-refractivity contribution >= 4 is 6.03 Å². The van der Waals surface area contributed by atoms with Crippen molar-refractivity contribution in [2.45, 2.75) is 6.54 Å². The first-order valence-electron chi connectivity index (χ1n) is 3.57. The van der Waals surface area contributed by atoms with Crippen molar-refractivity contribution in [3.05, 3.63) is 35.4 Å². The van der Waals surface area contributed by atoms with Gasteiger partial charge in [-0.3, -0.25) is 0 Å². The van der Waals surface area contributed by atoms with Gasteiger partial charge in [0, 0.05) is 18.2 Å². The third-order valence-corrected chi connectivity index (χ3v) is 1.47. The lowest BCUT2D eigenvalue weighted by atomic mass is 10.2. The first-order chi connectivity index (χ1) is 6.09. The predicted molar refractivity (Wildman–Crippen MR) is 42.8 cm³/mol. The number of rotatable bonds is 2. The summed E-state index contributed by atoms with van der Waals surface area (Å²) in [6.45, 7) is -0.0402. The van der Waals surface area contributed by atoms with Gasteiger partial charge in [-0.25, -0.2) is 13.6 Å². The summed E-state index contributed by atoms with van der Waals surface area (Å²) in [4.78, 5) is 10.3. The monoisotopic (exact) mass is 186 g/mol. The van der Waals surface area contributed by atoms with Crippen LogP contribution in [-0.4, -0.2) is 6.03 Å². The van der Waals surface area contributed by atoms with Gasteiger partial charge in [-0.2, -0.15) is 0 Å². The summed E-state index contributed by atoms with van der Waals surface area (Å²) in [6, 6.07) is 2.36. The van der Waals surface area contributed by atoms with Crippen molar-refractivity contribution in [2.75, 3.05) is 0 Å². The summed E-state index contributed by atoms with van der Waals surface area (Å²) in [6.07, 6.45) is 0. The van der Waals surface area contributed by atoms with E-state index in [2.05, 4.69) is 5.32 Å². The van der Waals surface area contributed by atoms with Gasteiger partial charge in [0.2, 0.25) is 0 Å². The molecule has 0 aliphatic carbocycles. The molecule has 0 aliphatic heterocycles. The number of hydrogen-bond acceptors (Lipinski definition) is 1. The molecule has 0 fully saturated rings. The highest BCUT2D eigenvalue weighted by molar-refractivity contribution is 5.71. The Kier molecular flexibility index (Phi) is 2.79. The average Bonchev–Trinajstić information content (AvgIpc) is 2.02. The molecule has 1 aromatic carbocycles. The van der Waals surface area contributed by atoms with E-state index in [1.54, 1.807) is 0 Å². The molecule has 13 heavy (non-hydrogen) atoms. The minimum atomic E-state index is -0.747. The Morgan fingerprint density at radius 3 is 2.69 bits per heavy atom. The quantitative estimate of drug-likeness (QED) is 0.714. The van der Waals surface area contributed by atoms with Crippen molar-refractivity contribution in [3.8, 4) is 0 Å². The van der Waals surface area contributed by atoms with Crippen LogP contribution in [0.5, 0.6) is 0 Å². The fraction of sp³-hybridized carbons (Fsp3) is 0.125. The summed E-state index contributed by atoms with van der Waals surface area (Å²) in [7, 11) is 0. The van der Waals surface area contributed by atoms with Crippen LogP contribution in [0.2, 0.25) is 0 Å².